The van der Waals surface area contributed by atoms with E-state index in [9.17, 15) is 0 Å². The first-order valence-electron chi connectivity index (χ1n) is 5.38. The van der Waals surface area contributed by atoms with Crippen molar-refractivity contribution in [1.29, 1.82) is 0 Å². The normalized spacial score (nSPS) is 12.4. The van der Waals surface area contributed by atoms with Crippen LogP contribution in [-0.2, 0) is 6.42 Å². The molecule has 0 bridgehead atoms. The highest BCUT2D eigenvalue weighted by Crippen LogP contribution is 2.29. The molecule has 2 aromatic rings. The van der Waals surface area contributed by atoms with Gasteiger partial charge in [0.05, 0.1) is 16.8 Å². The molecule has 94 valence electrons. The van der Waals surface area contributed by atoms with Crippen molar-refractivity contribution in [2.75, 3.05) is 0 Å². The van der Waals surface area contributed by atoms with Crippen LogP contribution in [0.3, 0.4) is 0 Å². The molecule has 0 spiro atoms. The number of nitrogens with two attached hydrogens (primary N) is 1. The molecule has 0 fully saturated rings. The standard InChI is InChI=1S/C13H11Cl3N2/c14-9-3-1-4-10(15)8(9)7-12(17)13-11(16)5-2-6-18-13/h1-6,12H,7,17H2. The molecule has 1 unspecified atom stereocenters. The Labute approximate surface area is 121 Å². The Morgan fingerprint density at radius 3 is 2.22 bits per heavy atom. The van der Waals surface area contributed by atoms with E-state index in [0.29, 0.717) is 27.2 Å². The second-order valence-electron chi connectivity index (χ2n) is 3.88. The number of hydrogen-bond acceptors (Lipinski definition) is 2. The highest BCUT2D eigenvalue weighted by Gasteiger charge is 2.15. The Balaban J connectivity index is 2.27. The van der Waals surface area contributed by atoms with Gasteiger partial charge in [0.25, 0.3) is 0 Å². The van der Waals surface area contributed by atoms with Gasteiger partial charge in [0.2, 0.25) is 0 Å². The fourth-order valence-corrected chi connectivity index (χ4v) is 2.53. The molecule has 2 N–H and O–H groups in total. The molecule has 0 saturated heterocycles. The van der Waals surface area contributed by atoms with Crippen molar-refractivity contribution in [3.8, 4) is 0 Å². The van der Waals surface area contributed by atoms with E-state index in [-0.39, 0.29) is 6.04 Å². The molecule has 0 saturated carbocycles. The highest BCUT2D eigenvalue weighted by atomic mass is 35.5. The Kier molecular flexibility index (Phi) is 4.46. The van der Waals surface area contributed by atoms with E-state index in [1.807, 2.05) is 0 Å². The average Bonchev–Trinajstić information content (AvgIpc) is 2.34. The van der Waals surface area contributed by atoms with Crippen molar-refractivity contribution < 1.29 is 0 Å². The average molecular weight is 302 g/mol. The van der Waals surface area contributed by atoms with E-state index < -0.39 is 0 Å². The Bertz CT molecular complexity index is 537. The first-order valence-corrected chi connectivity index (χ1v) is 6.52. The van der Waals surface area contributed by atoms with E-state index in [2.05, 4.69) is 4.98 Å². The summed E-state index contributed by atoms with van der Waals surface area (Å²) in [7, 11) is 0. The van der Waals surface area contributed by atoms with Crippen molar-refractivity contribution in [1.82, 2.24) is 4.98 Å². The smallest absolute Gasteiger partial charge is 0.0760 e. The minimum atomic E-state index is -0.337. The Morgan fingerprint density at radius 2 is 1.61 bits per heavy atom. The van der Waals surface area contributed by atoms with Gasteiger partial charge < -0.3 is 5.73 Å². The SMILES string of the molecule is NC(Cc1c(Cl)cccc1Cl)c1ncccc1Cl. The maximum Gasteiger partial charge on any atom is 0.0760 e. The second kappa shape index (κ2) is 5.89. The number of pyridine rings is 1. The summed E-state index contributed by atoms with van der Waals surface area (Å²) in [6.45, 7) is 0. The topological polar surface area (TPSA) is 38.9 Å². The fraction of sp³-hybridized carbons (Fsp3) is 0.154. The van der Waals surface area contributed by atoms with Crippen LogP contribution in [-0.4, -0.2) is 4.98 Å². The van der Waals surface area contributed by atoms with Crippen LogP contribution in [0.15, 0.2) is 36.5 Å². The Hall–Kier alpha value is -0.800. The molecule has 5 heteroatoms. The monoisotopic (exact) mass is 300 g/mol. The lowest BCUT2D eigenvalue weighted by molar-refractivity contribution is 0.697. The fourth-order valence-electron chi connectivity index (χ4n) is 1.71. The van der Waals surface area contributed by atoms with Gasteiger partial charge in [-0.2, -0.15) is 0 Å². The van der Waals surface area contributed by atoms with Crippen LogP contribution in [0.25, 0.3) is 0 Å². The molecule has 1 aromatic heterocycles. The molecule has 1 aromatic carbocycles. The molecule has 2 rings (SSSR count). The van der Waals surface area contributed by atoms with Gasteiger partial charge >= 0.3 is 0 Å². The Morgan fingerprint density at radius 1 is 1.00 bits per heavy atom. The lowest BCUT2D eigenvalue weighted by Gasteiger charge is -2.14. The third kappa shape index (κ3) is 2.96. The van der Waals surface area contributed by atoms with Gasteiger partial charge in [-0.25, -0.2) is 0 Å². The van der Waals surface area contributed by atoms with Crippen LogP contribution >= 0.6 is 34.8 Å². The summed E-state index contributed by atoms with van der Waals surface area (Å²) in [5.41, 5.74) is 7.56. The minimum absolute atomic E-state index is 0.337. The number of hydrogen-bond donors (Lipinski definition) is 1. The molecule has 0 aliphatic heterocycles. The van der Waals surface area contributed by atoms with Crippen LogP contribution in [0, 0.1) is 0 Å². The van der Waals surface area contributed by atoms with E-state index in [0.717, 1.165) is 5.56 Å². The number of halogens is 3. The molecule has 0 aliphatic carbocycles. The highest BCUT2D eigenvalue weighted by molar-refractivity contribution is 6.36. The van der Waals surface area contributed by atoms with Gasteiger partial charge in [0.15, 0.2) is 0 Å². The number of rotatable bonds is 3. The zero-order valence-electron chi connectivity index (χ0n) is 9.41. The van der Waals surface area contributed by atoms with Crippen molar-refractivity contribution in [3.05, 3.63) is 62.9 Å². The van der Waals surface area contributed by atoms with E-state index in [1.54, 1.807) is 36.5 Å². The lowest BCUT2D eigenvalue weighted by Crippen LogP contribution is -2.15. The molecule has 0 radical (unpaired) electrons. The van der Waals surface area contributed by atoms with Crippen molar-refractivity contribution >= 4 is 34.8 Å². The number of aromatic nitrogens is 1. The molecule has 18 heavy (non-hydrogen) atoms. The van der Waals surface area contributed by atoms with Crippen LogP contribution < -0.4 is 5.73 Å². The van der Waals surface area contributed by atoms with E-state index in [1.165, 1.54) is 0 Å². The van der Waals surface area contributed by atoms with Crippen LogP contribution in [0.1, 0.15) is 17.3 Å². The maximum absolute atomic E-state index is 6.11. The van der Waals surface area contributed by atoms with Crippen molar-refractivity contribution in [2.24, 2.45) is 5.73 Å². The number of benzene rings is 1. The van der Waals surface area contributed by atoms with Gasteiger partial charge in [0, 0.05) is 16.2 Å². The first kappa shape index (κ1) is 13.6. The molecule has 1 heterocycles. The quantitative estimate of drug-likeness (QED) is 0.918. The molecule has 0 amide bonds. The van der Waals surface area contributed by atoms with Crippen molar-refractivity contribution in [3.63, 3.8) is 0 Å². The molecular weight excluding hydrogens is 291 g/mol. The summed E-state index contributed by atoms with van der Waals surface area (Å²) >= 11 is 18.3. The first-order chi connectivity index (χ1) is 8.59. The van der Waals surface area contributed by atoms with Gasteiger partial charge in [-0.3, -0.25) is 4.98 Å². The summed E-state index contributed by atoms with van der Waals surface area (Å²) in [4.78, 5) is 4.19. The predicted molar refractivity (Wildman–Crippen MR) is 76.3 cm³/mol. The zero-order chi connectivity index (χ0) is 13.1. The summed E-state index contributed by atoms with van der Waals surface area (Å²) in [6, 6.07) is 8.56. The molecule has 1 atom stereocenters. The minimum Gasteiger partial charge on any atom is -0.322 e. The van der Waals surface area contributed by atoms with Gasteiger partial charge in [0.1, 0.15) is 0 Å². The van der Waals surface area contributed by atoms with E-state index >= 15 is 0 Å². The van der Waals surface area contributed by atoms with Crippen LogP contribution in [0.5, 0.6) is 0 Å². The summed E-state index contributed by atoms with van der Waals surface area (Å²) < 4.78 is 0. The molecule has 2 nitrogen and oxygen atoms in total. The third-order valence-electron chi connectivity index (χ3n) is 2.62. The van der Waals surface area contributed by atoms with Crippen molar-refractivity contribution in [2.45, 2.75) is 12.5 Å². The summed E-state index contributed by atoms with van der Waals surface area (Å²) in [5, 5.41) is 1.75. The summed E-state index contributed by atoms with van der Waals surface area (Å²) in [6.07, 6.45) is 2.16. The largest absolute Gasteiger partial charge is 0.322 e. The van der Waals surface area contributed by atoms with Crippen LogP contribution in [0.4, 0.5) is 0 Å². The zero-order valence-corrected chi connectivity index (χ0v) is 11.7. The predicted octanol–water partition coefficient (Wildman–Crippen LogP) is 4.28. The van der Waals surface area contributed by atoms with Gasteiger partial charge in [-0.05, 0) is 36.2 Å². The van der Waals surface area contributed by atoms with Gasteiger partial charge in [-0.15, -0.1) is 0 Å². The molecular formula is C13H11Cl3N2. The van der Waals surface area contributed by atoms with E-state index in [4.69, 9.17) is 40.5 Å². The van der Waals surface area contributed by atoms with Crippen LogP contribution in [0.2, 0.25) is 15.1 Å². The van der Waals surface area contributed by atoms with Gasteiger partial charge in [-0.1, -0.05) is 40.9 Å². The third-order valence-corrected chi connectivity index (χ3v) is 3.65. The lowest BCUT2D eigenvalue weighted by atomic mass is 10.0. The summed E-state index contributed by atoms with van der Waals surface area (Å²) in [5.74, 6) is 0. The maximum atomic E-state index is 6.11. The number of nitrogens with zero attached hydrogens (tertiary/aromatic N) is 1. The second-order valence-corrected chi connectivity index (χ2v) is 5.10. The molecule has 0 aliphatic rings.